The van der Waals surface area contributed by atoms with E-state index in [0.717, 1.165) is 22.8 Å². The number of nitrogens with zero attached hydrogens (tertiary/aromatic N) is 1. The van der Waals surface area contributed by atoms with Crippen molar-refractivity contribution in [2.75, 3.05) is 31.6 Å². The molecule has 1 aliphatic carbocycles. The van der Waals surface area contributed by atoms with Crippen LogP contribution in [0.25, 0.3) is 0 Å². The van der Waals surface area contributed by atoms with Crippen LogP contribution in [0.15, 0.2) is 78.2 Å². The summed E-state index contributed by atoms with van der Waals surface area (Å²) in [4.78, 5) is 41.7. The Bertz CT molecular complexity index is 1620. The molecule has 0 aromatic heterocycles. The molecule has 2 saturated heterocycles. The Hall–Kier alpha value is -4.37. The van der Waals surface area contributed by atoms with Crippen LogP contribution < -0.4 is 16.0 Å². The van der Waals surface area contributed by atoms with Crippen LogP contribution in [-0.2, 0) is 32.0 Å². The molecular weight excluding hydrogens is 578 g/mol. The Balaban J connectivity index is 1.19. The van der Waals surface area contributed by atoms with Gasteiger partial charge in [0.1, 0.15) is 18.2 Å². The van der Waals surface area contributed by atoms with E-state index in [2.05, 4.69) is 21.7 Å². The summed E-state index contributed by atoms with van der Waals surface area (Å²) in [6, 6.07) is 7.52. The van der Waals surface area contributed by atoms with Crippen molar-refractivity contribution >= 4 is 23.4 Å². The van der Waals surface area contributed by atoms with Crippen LogP contribution in [0.1, 0.15) is 42.5 Å². The Morgan fingerprint density at radius 1 is 1.11 bits per heavy atom. The van der Waals surface area contributed by atoms with Crippen LogP contribution in [0.3, 0.4) is 0 Å². The first-order chi connectivity index (χ1) is 21.8. The van der Waals surface area contributed by atoms with E-state index in [9.17, 15) is 23.2 Å². The van der Waals surface area contributed by atoms with Gasteiger partial charge in [-0.2, -0.15) is 0 Å². The first-order valence-electron chi connectivity index (χ1n) is 15.3. The molecule has 4 aliphatic rings. The molecule has 0 saturated carbocycles. The molecular formula is C35H36F2N4O4. The van der Waals surface area contributed by atoms with E-state index in [1.165, 1.54) is 17.0 Å². The number of carbonyl (C=O) groups excluding carboxylic acids is 3. The molecule has 0 bridgehead atoms. The van der Waals surface area contributed by atoms with Gasteiger partial charge in [-0.15, -0.1) is 5.73 Å². The summed E-state index contributed by atoms with van der Waals surface area (Å²) in [5, 5.41) is 9.06. The van der Waals surface area contributed by atoms with E-state index >= 15 is 0 Å². The smallest absolute Gasteiger partial charge is 0.244 e. The fourth-order valence-electron chi connectivity index (χ4n) is 6.97. The number of benzene rings is 2. The summed E-state index contributed by atoms with van der Waals surface area (Å²) >= 11 is 0. The van der Waals surface area contributed by atoms with Crippen LogP contribution in [0, 0.1) is 23.0 Å². The highest BCUT2D eigenvalue weighted by atomic mass is 19.1. The van der Waals surface area contributed by atoms with Gasteiger partial charge in [-0.3, -0.25) is 14.4 Å². The van der Waals surface area contributed by atoms with E-state index in [4.69, 9.17) is 4.74 Å². The first-order valence-corrected chi connectivity index (χ1v) is 15.3. The maximum absolute atomic E-state index is 14.2. The Kier molecular flexibility index (Phi) is 8.81. The zero-order valence-corrected chi connectivity index (χ0v) is 25.1. The maximum atomic E-state index is 14.2. The topological polar surface area (TPSA) is 99.8 Å². The van der Waals surface area contributed by atoms with Crippen LogP contribution in [0.2, 0.25) is 0 Å². The van der Waals surface area contributed by atoms with Crippen molar-refractivity contribution in [2.45, 2.75) is 44.7 Å². The fraction of sp³-hybridized carbons (Fsp3) is 0.371. The molecule has 3 heterocycles. The molecule has 3 aliphatic heterocycles. The van der Waals surface area contributed by atoms with E-state index in [1.54, 1.807) is 24.4 Å². The van der Waals surface area contributed by atoms with Crippen molar-refractivity contribution in [3.05, 3.63) is 107 Å². The van der Waals surface area contributed by atoms with Gasteiger partial charge in [-0.25, -0.2) is 8.78 Å². The van der Waals surface area contributed by atoms with Gasteiger partial charge in [0.25, 0.3) is 0 Å². The molecule has 234 valence electrons. The molecule has 10 heteroatoms. The fourth-order valence-corrected chi connectivity index (χ4v) is 6.97. The first kappa shape index (κ1) is 30.6. The molecule has 2 aromatic rings. The monoisotopic (exact) mass is 614 g/mol. The van der Waals surface area contributed by atoms with Crippen molar-refractivity contribution in [3.63, 3.8) is 0 Å². The van der Waals surface area contributed by atoms with Crippen molar-refractivity contribution < 1.29 is 27.9 Å². The molecule has 2 fully saturated rings. The summed E-state index contributed by atoms with van der Waals surface area (Å²) in [6.45, 7) is 2.95. The summed E-state index contributed by atoms with van der Waals surface area (Å²) in [5.41, 5.74) is 5.98. The van der Waals surface area contributed by atoms with Gasteiger partial charge < -0.3 is 25.6 Å². The van der Waals surface area contributed by atoms with Gasteiger partial charge in [-0.1, -0.05) is 18.2 Å². The predicted octanol–water partition coefficient (Wildman–Crippen LogP) is 4.26. The third kappa shape index (κ3) is 6.27. The van der Waals surface area contributed by atoms with Crippen molar-refractivity contribution in [1.82, 2.24) is 15.5 Å². The molecule has 1 spiro atoms. The molecule has 3 atom stereocenters. The van der Waals surface area contributed by atoms with Gasteiger partial charge in [0, 0.05) is 37.7 Å². The van der Waals surface area contributed by atoms with Gasteiger partial charge in [0.05, 0.1) is 17.5 Å². The molecule has 2 aromatic carbocycles. The third-order valence-electron chi connectivity index (χ3n) is 9.23. The zero-order chi connectivity index (χ0) is 31.6. The minimum absolute atomic E-state index is 0.0340. The number of carbonyl (C=O) groups is 3. The van der Waals surface area contributed by atoms with E-state index < -0.39 is 35.0 Å². The summed E-state index contributed by atoms with van der Waals surface area (Å²) < 4.78 is 33.8. The molecule has 0 radical (unpaired) electrons. The highest BCUT2D eigenvalue weighted by Crippen LogP contribution is 2.46. The van der Waals surface area contributed by atoms with Crippen LogP contribution in [0.4, 0.5) is 14.5 Å². The lowest BCUT2D eigenvalue weighted by Crippen LogP contribution is -2.60. The SMILES string of the molecule is CC=C=C/C=C\C1=CNC(=O)C12Cc1ccc(NC(=O)CN3C(=O)C(C4CCOCC4)NCC3c3cc(F)cc(F)c3)cc1C2. The molecule has 3 N–H and O–H groups in total. The van der Waals surface area contributed by atoms with Gasteiger partial charge >= 0.3 is 0 Å². The molecule has 3 unspecified atom stereocenters. The van der Waals surface area contributed by atoms with E-state index in [1.807, 2.05) is 31.2 Å². The maximum Gasteiger partial charge on any atom is 0.244 e. The third-order valence-corrected chi connectivity index (χ3v) is 9.23. The number of hydrogen-bond donors (Lipinski definition) is 3. The zero-order valence-electron chi connectivity index (χ0n) is 25.1. The van der Waals surface area contributed by atoms with Crippen LogP contribution in [-0.4, -0.2) is 55.0 Å². The number of rotatable bonds is 7. The second-order valence-corrected chi connectivity index (χ2v) is 12.0. The van der Waals surface area contributed by atoms with Crippen molar-refractivity contribution in [3.8, 4) is 0 Å². The molecule has 8 nitrogen and oxygen atoms in total. The molecule has 45 heavy (non-hydrogen) atoms. The number of halogens is 2. The second kappa shape index (κ2) is 12.9. The summed E-state index contributed by atoms with van der Waals surface area (Å²) in [7, 11) is 0. The minimum atomic E-state index is -0.747. The largest absolute Gasteiger partial charge is 0.381 e. The Labute approximate surface area is 260 Å². The Morgan fingerprint density at radius 2 is 1.87 bits per heavy atom. The van der Waals surface area contributed by atoms with Crippen LogP contribution in [0.5, 0.6) is 0 Å². The average molecular weight is 615 g/mol. The lowest BCUT2D eigenvalue weighted by molar-refractivity contribution is -0.144. The van der Waals surface area contributed by atoms with Gasteiger partial charge in [-0.05, 0) is 97.2 Å². The van der Waals surface area contributed by atoms with Gasteiger partial charge in [0.2, 0.25) is 17.7 Å². The minimum Gasteiger partial charge on any atom is -0.381 e. The number of piperazine rings is 1. The lowest BCUT2D eigenvalue weighted by Gasteiger charge is -2.43. The number of ether oxygens (including phenoxy) is 1. The average Bonchev–Trinajstić information content (AvgIpc) is 3.55. The summed E-state index contributed by atoms with van der Waals surface area (Å²) in [6.07, 6.45) is 11.6. The number of allylic oxidation sites excluding steroid dienone is 3. The normalized spacial score (nSPS) is 24.8. The van der Waals surface area contributed by atoms with Crippen molar-refractivity contribution in [1.29, 1.82) is 0 Å². The van der Waals surface area contributed by atoms with Crippen LogP contribution >= 0.6 is 0 Å². The van der Waals surface area contributed by atoms with E-state index in [0.29, 0.717) is 44.6 Å². The predicted molar refractivity (Wildman–Crippen MR) is 165 cm³/mol. The molecule has 6 rings (SSSR count). The van der Waals surface area contributed by atoms with E-state index in [-0.39, 0.29) is 36.4 Å². The highest BCUT2D eigenvalue weighted by molar-refractivity contribution is 5.96. The number of fused-ring (bicyclic) bond motifs is 1. The Morgan fingerprint density at radius 3 is 2.62 bits per heavy atom. The quantitative estimate of drug-likeness (QED) is 0.320. The summed E-state index contributed by atoms with van der Waals surface area (Å²) in [5.74, 6) is -2.23. The number of hydrogen-bond acceptors (Lipinski definition) is 5. The second-order valence-electron chi connectivity index (χ2n) is 12.0. The number of anilines is 1. The lowest BCUT2D eigenvalue weighted by atomic mass is 9.78. The number of nitrogens with one attached hydrogen (secondary N) is 3. The highest BCUT2D eigenvalue weighted by Gasteiger charge is 2.48. The van der Waals surface area contributed by atoms with Crippen molar-refractivity contribution in [2.24, 2.45) is 11.3 Å². The number of amides is 3. The molecule has 3 amide bonds. The van der Waals surface area contributed by atoms with Gasteiger partial charge in [0.15, 0.2) is 0 Å². The standard InChI is InChI=1S/C35H36F2N4O4/c1-2-3-4-5-6-26-19-39-34(44)35(26)17-23-7-8-29(15-25(23)18-35)40-31(42)21-41-30(24-13-27(36)16-28(37)14-24)20-38-32(33(41)43)22-9-11-45-12-10-22/h2,4-8,13-16,19,22,30,32,38H,9-12,17-18,20-21H2,1H3,(H,39,44)(H,40,42)/b6-5-.